The number of hydrazine groups is 1. The third-order valence-electron chi connectivity index (χ3n) is 14.8. The second kappa shape index (κ2) is 36.2. The first-order valence-electron chi connectivity index (χ1n) is 30.8. The number of aromatic amines is 2. The second-order valence-electron chi connectivity index (χ2n) is 24.2. The lowest BCUT2D eigenvalue weighted by molar-refractivity contribution is -0.142. The molecule has 34 nitrogen and oxygen atoms in total. The number of hydrogen-bond acceptors (Lipinski definition) is 17. The van der Waals surface area contributed by atoms with Gasteiger partial charge < -0.3 is 94.7 Å². The van der Waals surface area contributed by atoms with Crippen LogP contribution >= 0.6 is 0 Å². The summed E-state index contributed by atoms with van der Waals surface area (Å²) in [5.41, 5.74) is 21.6. The van der Waals surface area contributed by atoms with Gasteiger partial charge >= 0.3 is 6.03 Å². The Morgan fingerprint density at radius 2 is 1.31 bits per heavy atom. The van der Waals surface area contributed by atoms with Crippen molar-refractivity contribution >= 4 is 87.9 Å². The molecule has 95 heavy (non-hydrogen) atoms. The first kappa shape index (κ1) is 75.3. The Bertz CT molecular complexity index is 3340. The van der Waals surface area contributed by atoms with E-state index in [4.69, 9.17) is 31.8 Å². The van der Waals surface area contributed by atoms with Gasteiger partial charge in [0.2, 0.25) is 53.2 Å². The number of likely N-dealkylation sites (tertiary alicyclic amines) is 1. The van der Waals surface area contributed by atoms with E-state index in [0.29, 0.717) is 34.1 Å². The minimum atomic E-state index is -1.80. The van der Waals surface area contributed by atoms with Crippen LogP contribution in [0.1, 0.15) is 103 Å². The molecule has 0 radical (unpaired) electrons. The van der Waals surface area contributed by atoms with Crippen LogP contribution in [0, 0.1) is 5.92 Å². The van der Waals surface area contributed by atoms with Gasteiger partial charge in [-0.15, -0.1) is 0 Å². The smallest absolute Gasteiger partial charge is 0.330 e. The van der Waals surface area contributed by atoms with Crippen molar-refractivity contribution in [3.63, 3.8) is 0 Å². The molecule has 34 heteroatoms. The van der Waals surface area contributed by atoms with Gasteiger partial charge in [-0.2, -0.15) is 0 Å². The number of benzene rings is 2. The molecule has 0 aliphatic carbocycles. The number of phenols is 1. The number of hydrogen-bond donors (Lipinski definition) is 18. The number of nitrogens with one attached hydrogen (secondary N) is 12. The Morgan fingerprint density at radius 3 is 1.89 bits per heavy atom. The molecule has 2 aliphatic rings. The number of aliphatic hydroxyl groups excluding tert-OH is 1. The van der Waals surface area contributed by atoms with Gasteiger partial charge in [-0.05, 0) is 94.5 Å². The summed E-state index contributed by atoms with van der Waals surface area (Å²) < 4.78 is 6.03. The van der Waals surface area contributed by atoms with Crippen molar-refractivity contribution in [3.8, 4) is 5.75 Å². The SMILES string of the molecule is CC(=O)O.CC(C)C[C@H](NC(=O)[C@@H](COC(C)(C)C)NC(=O)[C@H](Cc1ccc(O)cc1)NC(=O)[C@H](CO)NC(=O)[C@H](Cc1c[nH]c2ccccc12)NC(=O)[C@H](Cc1cnc[nH]1)NC(=O)[C@@H]1CCC(=O)N1)C(=O)N[C@@H](CCCN=C(N)N)C(=O)N1CCC[C@@H]1C(=O)NNC(N)=O. The van der Waals surface area contributed by atoms with E-state index in [1.165, 1.54) is 41.7 Å². The van der Waals surface area contributed by atoms with Crippen LogP contribution in [-0.4, -0.2) is 198 Å². The fourth-order valence-electron chi connectivity index (χ4n) is 10.2. The number of aliphatic carboxylic acids is 1. The van der Waals surface area contributed by atoms with Crippen molar-refractivity contribution in [1.29, 1.82) is 0 Å². The van der Waals surface area contributed by atoms with Gasteiger partial charge in [-0.3, -0.25) is 63.2 Å². The number of carbonyl (C=O) groups excluding carboxylic acids is 11. The summed E-state index contributed by atoms with van der Waals surface area (Å²) in [4.78, 5) is 176. The fraction of sp³-hybridized carbons (Fsp3) is 0.508. The van der Waals surface area contributed by atoms with E-state index in [1.807, 2.05) is 5.43 Å². The highest BCUT2D eigenvalue weighted by atomic mass is 16.5. The molecule has 2 aliphatic heterocycles. The quantitative estimate of drug-likeness (QED) is 0.0103. The summed E-state index contributed by atoms with van der Waals surface area (Å²) in [6.45, 7) is 8.36. The van der Waals surface area contributed by atoms with Gasteiger partial charge in [-0.1, -0.05) is 44.2 Å². The lowest BCUT2D eigenvalue weighted by atomic mass is 10.0. The number of carboxylic acids is 1. The Hall–Kier alpha value is -10.4. The van der Waals surface area contributed by atoms with Crippen LogP contribution in [0.4, 0.5) is 4.79 Å². The third kappa shape index (κ3) is 24.9. The number of nitrogens with zero attached hydrogens (tertiary/aromatic N) is 3. The summed E-state index contributed by atoms with van der Waals surface area (Å²) in [7, 11) is 0. The topological polar surface area (TPSA) is 533 Å². The van der Waals surface area contributed by atoms with Gasteiger partial charge in [0, 0.05) is 74.7 Å². The average molecular weight is 1330 g/mol. The number of rotatable bonds is 31. The van der Waals surface area contributed by atoms with Crippen LogP contribution in [-0.2, 0) is 76.7 Å². The lowest BCUT2D eigenvalue weighted by Gasteiger charge is -2.31. The van der Waals surface area contributed by atoms with E-state index in [9.17, 15) is 63.0 Å². The minimum absolute atomic E-state index is 0.00453. The number of nitrogens with two attached hydrogens (primary N) is 3. The van der Waals surface area contributed by atoms with Crippen LogP contribution in [0.5, 0.6) is 5.75 Å². The Balaban J connectivity index is 0.00000397. The predicted octanol–water partition coefficient (Wildman–Crippen LogP) is -3.01. The highest BCUT2D eigenvalue weighted by Gasteiger charge is 2.40. The number of primary amides is 1. The average Bonchev–Trinajstić information content (AvgIpc) is 1.76. The number of urea groups is 1. The standard InChI is InChI=1S/C59H84N18O14.C2H4O2/c1-31(2)22-40(49(82)68-39(12-8-20-64-57(60)61)56(89)77-21-9-13-46(77)55(88)75-76-58(62)90)69-54(87)45(29-91-59(3,4)5)74-50(83)41(23-32-14-16-35(79)17-15-32)70-53(86)44(28-78)73-51(84)42(24-33-26-65-37-11-7-6-10-36(33)37)71-52(85)43(25-34-27-63-30-66-34)72-48(81)38-18-19-47(80)67-38;1-2(3)4/h6-7,10-11,14-17,26-27,30-31,38-46,65,78-79H,8-9,12-13,18-25,28-29H2,1-5H3,(H,63,66)(H,67,80)(H,68,82)(H,69,87)(H,70,86)(H,71,85)(H,72,81)(H,73,84)(H,74,83)(H,75,88)(H4,60,61,64)(H3,62,76,90);1H3,(H,3,4)/t38-,39-,40-,41-,42-,43-,44-,45+,46+;/m0./s1. The molecule has 2 saturated heterocycles. The molecule has 21 N–H and O–H groups in total. The monoisotopic (exact) mass is 1330 g/mol. The molecule has 0 bridgehead atoms. The summed E-state index contributed by atoms with van der Waals surface area (Å²) in [5.74, 6) is -9.42. The molecule has 518 valence electrons. The highest BCUT2D eigenvalue weighted by Crippen LogP contribution is 2.22. The summed E-state index contributed by atoms with van der Waals surface area (Å²) in [5, 5.41) is 50.2. The van der Waals surface area contributed by atoms with Crippen LogP contribution in [0.25, 0.3) is 10.9 Å². The normalized spacial score (nSPS) is 16.5. The number of H-pyrrole nitrogens is 2. The van der Waals surface area contributed by atoms with E-state index in [0.717, 1.165) is 6.92 Å². The zero-order chi connectivity index (χ0) is 70.1. The number of carboxylic acid groups (broad SMARTS) is 1. The Labute approximate surface area is 546 Å². The van der Waals surface area contributed by atoms with Gasteiger partial charge in [0.05, 0.1) is 25.1 Å². The Morgan fingerprint density at radius 1 is 0.726 bits per heavy atom. The number of fused-ring (bicyclic) bond motifs is 1. The first-order chi connectivity index (χ1) is 44.9. The van der Waals surface area contributed by atoms with Crippen LogP contribution < -0.4 is 70.6 Å². The maximum absolute atomic E-state index is 14.8. The Kier molecular flexibility index (Phi) is 28.7. The van der Waals surface area contributed by atoms with Crippen molar-refractivity contribution in [2.45, 2.75) is 166 Å². The molecule has 2 aromatic heterocycles. The minimum Gasteiger partial charge on any atom is -0.508 e. The molecule has 2 fully saturated rings. The predicted molar refractivity (Wildman–Crippen MR) is 342 cm³/mol. The van der Waals surface area contributed by atoms with E-state index >= 15 is 0 Å². The zero-order valence-electron chi connectivity index (χ0n) is 53.7. The fourth-order valence-corrected chi connectivity index (χ4v) is 10.2. The number of amides is 12. The van der Waals surface area contributed by atoms with Crippen molar-refractivity contribution in [1.82, 2.24) is 73.2 Å². The molecule has 2 aromatic carbocycles. The summed E-state index contributed by atoms with van der Waals surface area (Å²) >= 11 is 0. The molecule has 12 amide bonds. The number of aromatic hydroxyl groups is 1. The van der Waals surface area contributed by atoms with Gasteiger partial charge in [0.25, 0.3) is 11.9 Å². The molecule has 0 unspecified atom stereocenters. The second-order valence-corrected chi connectivity index (χ2v) is 24.2. The number of para-hydroxylation sites is 1. The molecule has 9 atom stereocenters. The number of ether oxygens (including phenoxy) is 1. The van der Waals surface area contributed by atoms with Crippen molar-refractivity contribution < 1.29 is 77.6 Å². The first-order valence-corrected chi connectivity index (χ1v) is 30.8. The molecular weight excluding hydrogens is 1240 g/mol. The molecule has 0 spiro atoms. The number of imidazole rings is 1. The molecule has 6 rings (SSSR count). The van der Waals surface area contributed by atoms with Crippen LogP contribution in [0.2, 0.25) is 0 Å². The van der Waals surface area contributed by atoms with E-state index in [-0.39, 0.29) is 94.4 Å². The van der Waals surface area contributed by atoms with E-state index in [2.05, 4.69) is 67.9 Å². The van der Waals surface area contributed by atoms with Gasteiger partial charge in [0.15, 0.2) is 5.96 Å². The number of aromatic nitrogens is 3. The zero-order valence-corrected chi connectivity index (χ0v) is 53.7. The highest BCUT2D eigenvalue weighted by molar-refractivity contribution is 5.99. The van der Waals surface area contributed by atoms with Crippen molar-refractivity contribution in [2.24, 2.45) is 28.1 Å². The number of phenolic OH excluding ortho intramolecular Hbond substituents is 1. The number of aliphatic imine (C=N–C) groups is 1. The van der Waals surface area contributed by atoms with Crippen LogP contribution in [0.15, 0.2) is 72.2 Å². The summed E-state index contributed by atoms with van der Waals surface area (Å²) in [6.07, 6.45) is 4.91. The number of guanidine groups is 1. The molecular formula is C61H88N18O16. The molecule has 4 aromatic rings. The molecule has 4 heterocycles. The van der Waals surface area contributed by atoms with E-state index in [1.54, 1.807) is 65.1 Å². The van der Waals surface area contributed by atoms with Crippen molar-refractivity contribution in [3.05, 3.63) is 84.1 Å². The largest absolute Gasteiger partial charge is 0.508 e. The van der Waals surface area contributed by atoms with E-state index < -0.39 is 138 Å². The molecule has 0 saturated carbocycles. The third-order valence-corrected chi connectivity index (χ3v) is 14.8. The van der Waals surface area contributed by atoms with Gasteiger partial charge in [-0.25, -0.2) is 15.2 Å². The summed E-state index contributed by atoms with van der Waals surface area (Å²) in [6, 6.07) is -0.716. The maximum atomic E-state index is 14.8. The number of carbonyl (C=O) groups is 12. The van der Waals surface area contributed by atoms with Crippen molar-refractivity contribution in [2.75, 3.05) is 26.3 Å². The van der Waals surface area contributed by atoms with Crippen LogP contribution in [0.3, 0.4) is 0 Å². The number of aliphatic hydroxyl groups is 1. The maximum Gasteiger partial charge on any atom is 0.330 e. The van der Waals surface area contributed by atoms with Gasteiger partial charge in [0.1, 0.15) is 60.1 Å². The lowest BCUT2D eigenvalue weighted by Crippen LogP contribution is -2.62.